The number of sulfone groups is 1. The van der Waals surface area contributed by atoms with E-state index >= 15 is 0 Å². The van der Waals surface area contributed by atoms with Gasteiger partial charge in [-0.3, -0.25) is 9.80 Å². The zero-order valence-electron chi connectivity index (χ0n) is 16.0. The van der Waals surface area contributed by atoms with Crippen LogP contribution in [0.2, 0.25) is 10.0 Å². The fraction of sp³-hybridized carbons (Fsp3) is 0.300. The lowest BCUT2D eigenvalue weighted by molar-refractivity contribution is -0.140. The number of carbonyl (C=O) groups excluding carboxylic acids is 1. The third-order valence-corrected chi connectivity index (χ3v) is 6.95. The Labute approximate surface area is 180 Å². The molecule has 0 saturated heterocycles. The van der Waals surface area contributed by atoms with E-state index in [1.165, 1.54) is 19.1 Å². The summed E-state index contributed by atoms with van der Waals surface area (Å²) < 4.78 is 29.4. The van der Waals surface area contributed by atoms with Crippen molar-refractivity contribution in [3.05, 3.63) is 57.6 Å². The Morgan fingerprint density at radius 3 is 2.48 bits per heavy atom. The number of hydrazone groups is 1. The summed E-state index contributed by atoms with van der Waals surface area (Å²) >= 11 is 12.2. The number of carbonyl (C=O) groups is 1. The molecule has 1 aliphatic heterocycles. The molecular formula is C20H20Cl2N2O4S. The number of halogens is 2. The average molecular weight is 455 g/mol. The van der Waals surface area contributed by atoms with Crippen molar-refractivity contribution in [3.8, 4) is 0 Å². The molecule has 6 nitrogen and oxygen atoms in total. The van der Waals surface area contributed by atoms with Gasteiger partial charge in [-0.15, -0.1) is 0 Å². The van der Waals surface area contributed by atoms with Gasteiger partial charge < -0.3 is 4.74 Å². The van der Waals surface area contributed by atoms with Gasteiger partial charge >= 0.3 is 5.97 Å². The van der Waals surface area contributed by atoms with Crippen molar-refractivity contribution in [1.82, 2.24) is 0 Å². The molecule has 29 heavy (non-hydrogen) atoms. The van der Waals surface area contributed by atoms with E-state index in [0.717, 1.165) is 28.9 Å². The molecule has 1 heterocycles. The van der Waals surface area contributed by atoms with Gasteiger partial charge in [0.2, 0.25) is 0 Å². The lowest BCUT2D eigenvalue weighted by Crippen LogP contribution is -2.15. The quantitative estimate of drug-likeness (QED) is 0.609. The lowest BCUT2D eigenvalue weighted by atomic mass is 10.0. The molecule has 0 aromatic heterocycles. The summed E-state index contributed by atoms with van der Waals surface area (Å²) in [7, 11) is -3.52. The minimum atomic E-state index is -3.52. The number of anilines is 1. The van der Waals surface area contributed by atoms with Crippen molar-refractivity contribution in [1.29, 1.82) is 0 Å². The molecule has 0 radical (unpaired) electrons. The summed E-state index contributed by atoms with van der Waals surface area (Å²) in [6.45, 7) is 3.71. The summed E-state index contributed by atoms with van der Waals surface area (Å²) in [4.78, 5) is 11.0. The van der Waals surface area contributed by atoms with Crippen LogP contribution in [0.15, 0.2) is 46.4 Å². The molecule has 0 atom stereocenters. The van der Waals surface area contributed by atoms with Crippen molar-refractivity contribution in [2.75, 3.05) is 23.9 Å². The van der Waals surface area contributed by atoms with Crippen LogP contribution in [0.1, 0.15) is 24.5 Å². The Hall–Kier alpha value is -2.09. The molecule has 0 N–H and O–H groups in total. The first-order valence-corrected chi connectivity index (χ1v) is 11.4. The fourth-order valence-corrected chi connectivity index (χ4v) is 4.50. The Morgan fingerprint density at radius 2 is 1.83 bits per heavy atom. The molecule has 0 bridgehead atoms. The molecule has 9 heteroatoms. The molecule has 2 aromatic carbocycles. The molecule has 0 unspecified atom stereocenters. The second-order valence-electron chi connectivity index (χ2n) is 6.65. The number of hydrogen-bond donors (Lipinski definition) is 0. The molecule has 0 spiro atoms. The maximum Gasteiger partial charge on any atom is 0.302 e. The second-order valence-corrected chi connectivity index (χ2v) is 9.58. The van der Waals surface area contributed by atoms with Crippen LogP contribution in [0.3, 0.4) is 0 Å². The summed E-state index contributed by atoms with van der Waals surface area (Å²) in [6.07, 6.45) is 0.737. The standard InChI is InChI=1S/C20H20Cl2N2O4S/c1-13-11-18(21)19(22)12-17(13)20-7-8-24(23-20)15-3-5-16(6-4-15)29(26,27)10-9-28-14(2)25/h3-6,11-12H,7-10H2,1-2H3. The van der Waals surface area contributed by atoms with E-state index in [4.69, 9.17) is 27.9 Å². The van der Waals surface area contributed by atoms with E-state index in [0.29, 0.717) is 16.6 Å². The predicted molar refractivity (Wildman–Crippen MR) is 115 cm³/mol. The van der Waals surface area contributed by atoms with Crippen LogP contribution in [-0.2, 0) is 19.4 Å². The molecule has 2 aromatic rings. The summed E-state index contributed by atoms with van der Waals surface area (Å²) in [5.41, 5.74) is 3.64. The highest BCUT2D eigenvalue weighted by Gasteiger charge is 2.21. The Bertz CT molecular complexity index is 1070. The molecule has 0 amide bonds. The highest BCUT2D eigenvalue weighted by atomic mass is 35.5. The molecule has 0 saturated carbocycles. The topological polar surface area (TPSA) is 76.0 Å². The zero-order chi connectivity index (χ0) is 21.2. The van der Waals surface area contributed by atoms with E-state index in [-0.39, 0.29) is 17.3 Å². The summed E-state index contributed by atoms with van der Waals surface area (Å²) in [6, 6.07) is 10.1. The van der Waals surface area contributed by atoms with Gasteiger partial charge in [-0.1, -0.05) is 23.2 Å². The normalized spacial score (nSPS) is 14.1. The zero-order valence-corrected chi connectivity index (χ0v) is 18.3. The fourth-order valence-electron chi connectivity index (χ4n) is 3.03. The van der Waals surface area contributed by atoms with Gasteiger partial charge in [0, 0.05) is 25.5 Å². The molecule has 3 rings (SSSR count). The van der Waals surface area contributed by atoms with Crippen LogP contribution >= 0.6 is 23.2 Å². The number of rotatable bonds is 6. The largest absolute Gasteiger partial charge is 0.465 e. The van der Waals surface area contributed by atoms with Crippen molar-refractivity contribution in [3.63, 3.8) is 0 Å². The van der Waals surface area contributed by atoms with Crippen molar-refractivity contribution >= 4 is 50.4 Å². The molecule has 1 aliphatic rings. The first-order valence-electron chi connectivity index (χ1n) is 8.94. The number of nitrogens with zero attached hydrogens (tertiary/aromatic N) is 2. The van der Waals surface area contributed by atoms with Gasteiger partial charge in [0.15, 0.2) is 9.84 Å². The number of aryl methyl sites for hydroxylation is 1. The van der Waals surface area contributed by atoms with E-state index in [1.807, 2.05) is 24.1 Å². The Morgan fingerprint density at radius 1 is 1.17 bits per heavy atom. The van der Waals surface area contributed by atoms with Gasteiger partial charge in [0.25, 0.3) is 0 Å². The SMILES string of the molecule is CC(=O)OCCS(=O)(=O)c1ccc(N2CCC(c3cc(Cl)c(Cl)cc3C)=N2)cc1. The van der Waals surface area contributed by atoms with E-state index in [2.05, 4.69) is 5.10 Å². The number of ether oxygens (including phenoxy) is 1. The average Bonchev–Trinajstić information content (AvgIpc) is 3.14. The van der Waals surface area contributed by atoms with Gasteiger partial charge in [-0.2, -0.15) is 5.10 Å². The third kappa shape index (κ3) is 5.10. The van der Waals surface area contributed by atoms with Crippen LogP contribution in [0, 0.1) is 6.92 Å². The van der Waals surface area contributed by atoms with Crippen LogP contribution in [0.25, 0.3) is 0 Å². The Kier molecular flexibility index (Phi) is 6.51. The first kappa shape index (κ1) is 21.6. The van der Waals surface area contributed by atoms with E-state index < -0.39 is 15.8 Å². The lowest BCUT2D eigenvalue weighted by Gasteiger charge is -2.14. The van der Waals surface area contributed by atoms with Gasteiger partial charge in [-0.25, -0.2) is 8.42 Å². The number of hydrogen-bond acceptors (Lipinski definition) is 6. The predicted octanol–water partition coefficient (Wildman–Crippen LogP) is 4.25. The Balaban J connectivity index is 1.76. The number of esters is 1. The van der Waals surface area contributed by atoms with Crippen molar-refractivity contribution < 1.29 is 17.9 Å². The monoisotopic (exact) mass is 454 g/mol. The minimum absolute atomic E-state index is 0.164. The molecular weight excluding hydrogens is 435 g/mol. The van der Waals surface area contributed by atoms with Crippen LogP contribution < -0.4 is 5.01 Å². The number of benzene rings is 2. The maximum absolute atomic E-state index is 12.3. The molecule has 0 aliphatic carbocycles. The van der Waals surface area contributed by atoms with Crippen molar-refractivity contribution in [2.45, 2.75) is 25.2 Å². The molecule has 0 fully saturated rings. The highest BCUT2D eigenvalue weighted by molar-refractivity contribution is 7.91. The second kappa shape index (κ2) is 8.73. The minimum Gasteiger partial charge on any atom is -0.465 e. The van der Waals surface area contributed by atoms with E-state index in [9.17, 15) is 13.2 Å². The maximum atomic E-state index is 12.3. The smallest absolute Gasteiger partial charge is 0.302 e. The third-order valence-electron chi connectivity index (χ3n) is 4.53. The van der Waals surface area contributed by atoms with Crippen LogP contribution in [0.5, 0.6) is 0 Å². The van der Waals surface area contributed by atoms with Crippen LogP contribution in [-0.4, -0.2) is 39.0 Å². The van der Waals surface area contributed by atoms with Crippen molar-refractivity contribution in [2.24, 2.45) is 5.10 Å². The summed E-state index contributed by atoms with van der Waals surface area (Å²) in [5, 5.41) is 7.48. The highest BCUT2D eigenvalue weighted by Crippen LogP contribution is 2.29. The van der Waals surface area contributed by atoms with E-state index in [1.54, 1.807) is 12.1 Å². The van der Waals surface area contributed by atoms with Gasteiger partial charge in [-0.05, 0) is 48.9 Å². The first-order chi connectivity index (χ1) is 13.7. The van der Waals surface area contributed by atoms with Gasteiger partial charge in [0.05, 0.1) is 32.1 Å². The van der Waals surface area contributed by atoms with Gasteiger partial charge in [0.1, 0.15) is 6.61 Å². The summed E-state index contributed by atoms with van der Waals surface area (Å²) in [5.74, 6) is -0.760. The van der Waals surface area contributed by atoms with Crippen LogP contribution in [0.4, 0.5) is 5.69 Å². The molecule has 154 valence electrons.